The normalized spacial score (nSPS) is 18.7. The summed E-state index contributed by atoms with van der Waals surface area (Å²) < 4.78 is 6.70. The minimum absolute atomic E-state index is 0.0548. The van der Waals surface area contributed by atoms with Crippen LogP contribution >= 0.6 is 11.3 Å². The van der Waals surface area contributed by atoms with Gasteiger partial charge in [-0.15, -0.1) is 11.3 Å². The van der Waals surface area contributed by atoms with Crippen molar-refractivity contribution in [3.63, 3.8) is 0 Å². The van der Waals surface area contributed by atoms with Crippen LogP contribution in [0.5, 0.6) is 0 Å². The smallest absolute Gasteiger partial charge is 0.435 e. The second kappa shape index (κ2) is 6.02. The lowest BCUT2D eigenvalue weighted by Gasteiger charge is -2.10. The van der Waals surface area contributed by atoms with Crippen molar-refractivity contribution in [2.75, 3.05) is 13.1 Å². The van der Waals surface area contributed by atoms with Crippen LogP contribution in [-0.2, 0) is 4.74 Å². The fourth-order valence-electron chi connectivity index (χ4n) is 2.07. The van der Waals surface area contributed by atoms with E-state index in [0.29, 0.717) is 12.2 Å². The Labute approximate surface area is 120 Å². The third kappa shape index (κ3) is 2.97. The van der Waals surface area contributed by atoms with Crippen LogP contribution in [0.4, 0.5) is 4.79 Å². The van der Waals surface area contributed by atoms with E-state index in [2.05, 4.69) is 10.4 Å². The van der Waals surface area contributed by atoms with Gasteiger partial charge in [-0.2, -0.15) is 9.78 Å². The van der Waals surface area contributed by atoms with Gasteiger partial charge in [0.15, 0.2) is 0 Å². The van der Waals surface area contributed by atoms with Crippen LogP contribution in [0.25, 0.3) is 12.2 Å². The van der Waals surface area contributed by atoms with Crippen LogP contribution in [0.3, 0.4) is 0 Å². The number of hydrogen-bond donors (Lipinski definition) is 1. The summed E-state index contributed by atoms with van der Waals surface area (Å²) in [5.41, 5.74) is 0.717. The van der Waals surface area contributed by atoms with Crippen molar-refractivity contribution >= 4 is 29.6 Å². The minimum Gasteiger partial charge on any atom is -0.443 e. The monoisotopic (exact) mass is 289 g/mol. The predicted molar refractivity (Wildman–Crippen MR) is 78.6 cm³/mol. The Kier molecular flexibility index (Phi) is 3.94. The van der Waals surface area contributed by atoms with Crippen molar-refractivity contribution in [2.24, 2.45) is 0 Å². The molecule has 0 amide bonds. The second-order valence-electron chi connectivity index (χ2n) is 4.52. The standard InChI is InChI=1S/C14H15N3O2S/c18-14(19-12-6-7-15-10-12)17-11(5-8-16-17)3-4-13-2-1-9-20-13/h1-5,8-9,12,15H,6-7,10H2/b4-3+. The molecule has 5 nitrogen and oxygen atoms in total. The van der Waals surface area contributed by atoms with E-state index in [9.17, 15) is 4.79 Å². The van der Waals surface area contributed by atoms with Gasteiger partial charge < -0.3 is 10.1 Å². The lowest BCUT2D eigenvalue weighted by Crippen LogP contribution is -2.25. The van der Waals surface area contributed by atoms with Crippen LogP contribution in [0.15, 0.2) is 29.8 Å². The van der Waals surface area contributed by atoms with Gasteiger partial charge in [0.25, 0.3) is 0 Å². The zero-order valence-corrected chi connectivity index (χ0v) is 11.7. The first-order chi connectivity index (χ1) is 9.83. The Balaban J connectivity index is 1.70. The number of nitrogens with one attached hydrogen (secondary N) is 1. The molecule has 20 heavy (non-hydrogen) atoms. The second-order valence-corrected chi connectivity index (χ2v) is 5.49. The summed E-state index contributed by atoms with van der Waals surface area (Å²) in [5.74, 6) is 0. The van der Waals surface area contributed by atoms with Crippen molar-refractivity contribution < 1.29 is 9.53 Å². The molecule has 2 aromatic rings. The number of carbonyl (C=O) groups is 1. The maximum absolute atomic E-state index is 12.1. The minimum atomic E-state index is -0.422. The molecule has 6 heteroatoms. The van der Waals surface area contributed by atoms with E-state index in [1.54, 1.807) is 23.6 Å². The van der Waals surface area contributed by atoms with Gasteiger partial charge in [-0.1, -0.05) is 6.07 Å². The fourth-order valence-corrected chi connectivity index (χ4v) is 2.69. The molecular formula is C14H15N3O2S. The maximum atomic E-state index is 12.1. The fraction of sp³-hybridized carbons (Fsp3) is 0.286. The van der Waals surface area contributed by atoms with Crippen LogP contribution in [0.1, 0.15) is 17.0 Å². The number of ether oxygens (including phenoxy) is 1. The lowest BCUT2D eigenvalue weighted by molar-refractivity contribution is 0.105. The highest BCUT2D eigenvalue weighted by Gasteiger charge is 2.20. The molecule has 0 radical (unpaired) electrons. The summed E-state index contributed by atoms with van der Waals surface area (Å²) in [6.07, 6.45) is 5.81. The lowest BCUT2D eigenvalue weighted by atomic mass is 10.3. The predicted octanol–water partition coefficient (Wildman–Crippen LogP) is 2.46. The third-order valence-corrected chi connectivity index (χ3v) is 3.93. The molecule has 1 saturated heterocycles. The van der Waals surface area contributed by atoms with E-state index in [-0.39, 0.29) is 6.10 Å². The first-order valence-corrected chi connectivity index (χ1v) is 7.38. The van der Waals surface area contributed by atoms with Gasteiger partial charge in [-0.05, 0) is 42.6 Å². The first kappa shape index (κ1) is 13.1. The quantitative estimate of drug-likeness (QED) is 0.943. The van der Waals surface area contributed by atoms with E-state index in [4.69, 9.17) is 4.74 Å². The number of thiophene rings is 1. The first-order valence-electron chi connectivity index (χ1n) is 6.50. The molecule has 0 spiro atoms. The molecular weight excluding hydrogens is 274 g/mol. The summed E-state index contributed by atoms with van der Waals surface area (Å²) in [6.45, 7) is 1.61. The van der Waals surface area contributed by atoms with Gasteiger partial charge in [0, 0.05) is 11.4 Å². The van der Waals surface area contributed by atoms with Gasteiger partial charge in [-0.25, -0.2) is 4.79 Å². The van der Waals surface area contributed by atoms with Crippen molar-refractivity contribution in [1.29, 1.82) is 0 Å². The van der Waals surface area contributed by atoms with Gasteiger partial charge in [-0.3, -0.25) is 0 Å². The molecule has 1 fully saturated rings. The molecule has 3 rings (SSSR count). The van der Waals surface area contributed by atoms with Gasteiger partial charge in [0.05, 0.1) is 11.9 Å². The number of rotatable bonds is 3. The van der Waals surface area contributed by atoms with Gasteiger partial charge in [0.2, 0.25) is 0 Å². The Morgan fingerprint density at radius 1 is 1.50 bits per heavy atom. The average molecular weight is 289 g/mol. The number of aromatic nitrogens is 2. The Hall–Kier alpha value is -1.92. The molecule has 0 bridgehead atoms. The Morgan fingerprint density at radius 2 is 2.45 bits per heavy atom. The molecule has 2 aromatic heterocycles. The van der Waals surface area contributed by atoms with Crippen molar-refractivity contribution in [1.82, 2.24) is 15.1 Å². The molecule has 0 saturated carbocycles. The summed E-state index contributed by atoms with van der Waals surface area (Å²) in [4.78, 5) is 13.2. The van der Waals surface area contributed by atoms with Crippen molar-refractivity contribution in [3.8, 4) is 0 Å². The third-order valence-electron chi connectivity index (χ3n) is 3.09. The molecule has 1 aliphatic rings. The largest absolute Gasteiger partial charge is 0.443 e. The van der Waals surface area contributed by atoms with Crippen LogP contribution in [0, 0.1) is 0 Å². The van der Waals surface area contributed by atoms with Crippen LogP contribution in [-0.4, -0.2) is 35.1 Å². The Morgan fingerprint density at radius 3 is 3.20 bits per heavy atom. The summed E-state index contributed by atoms with van der Waals surface area (Å²) >= 11 is 1.64. The molecule has 1 aliphatic heterocycles. The van der Waals surface area contributed by atoms with Crippen molar-refractivity contribution in [2.45, 2.75) is 12.5 Å². The highest BCUT2D eigenvalue weighted by molar-refractivity contribution is 7.10. The molecule has 3 heterocycles. The van der Waals surface area contributed by atoms with Crippen molar-refractivity contribution in [3.05, 3.63) is 40.3 Å². The molecule has 0 aliphatic carbocycles. The van der Waals surface area contributed by atoms with Gasteiger partial charge >= 0.3 is 6.09 Å². The molecule has 104 valence electrons. The van der Waals surface area contributed by atoms with E-state index < -0.39 is 6.09 Å². The summed E-state index contributed by atoms with van der Waals surface area (Å²) in [5, 5.41) is 9.21. The molecule has 1 unspecified atom stereocenters. The highest BCUT2D eigenvalue weighted by Crippen LogP contribution is 2.14. The number of nitrogens with zero attached hydrogens (tertiary/aromatic N) is 2. The average Bonchev–Trinajstić information content (AvgIpc) is 3.18. The topological polar surface area (TPSA) is 56.1 Å². The van der Waals surface area contributed by atoms with E-state index in [1.807, 2.05) is 29.7 Å². The van der Waals surface area contributed by atoms with E-state index in [0.717, 1.165) is 17.8 Å². The number of hydrogen-bond acceptors (Lipinski definition) is 5. The summed E-state index contributed by atoms with van der Waals surface area (Å²) in [7, 11) is 0. The van der Waals surface area contributed by atoms with Crippen LogP contribution in [0.2, 0.25) is 0 Å². The summed E-state index contributed by atoms with van der Waals surface area (Å²) in [6, 6.07) is 5.80. The Bertz CT molecular complexity index is 598. The molecule has 1 N–H and O–H groups in total. The zero-order valence-electron chi connectivity index (χ0n) is 10.9. The van der Waals surface area contributed by atoms with E-state index >= 15 is 0 Å². The SMILES string of the molecule is O=C(OC1CCNC1)n1nccc1/C=C/c1cccs1. The highest BCUT2D eigenvalue weighted by atomic mass is 32.1. The molecule has 1 atom stereocenters. The maximum Gasteiger partial charge on any atom is 0.435 e. The molecule has 0 aromatic carbocycles. The zero-order chi connectivity index (χ0) is 13.8. The van der Waals surface area contributed by atoms with E-state index in [1.165, 1.54) is 4.68 Å². The van der Waals surface area contributed by atoms with Crippen LogP contribution < -0.4 is 5.32 Å². The number of carbonyl (C=O) groups excluding carboxylic acids is 1. The van der Waals surface area contributed by atoms with Gasteiger partial charge in [0.1, 0.15) is 6.10 Å².